The molecule has 2 aliphatic carbocycles. The Labute approximate surface area is 149 Å². The summed E-state index contributed by atoms with van der Waals surface area (Å²) in [6.45, 7) is -3.02. The van der Waals surface area contributed by atoms with Crippen LogP contribution >= 0.6 is 0 Å². The minimum Gasteiger partial charge on any atom is -0.493 e. The molecule has 0 aromatic heterocycles. The molecule has 1 spiro atoms. The Bertz CT molecular complexity index is 1070. The second-order valence-electron chi connectivity index (χ2n) is 6.52. The van der Waals surface area contributed by atoms with Crippen LogP contribution in [0.1, 0.15) is 44.0 Å². The Kier molecular flexibility index (Phi) is 1.26. The van der Waals surface area contributed by atoms with Crippen LogP contribution in [0.3, 0.4) is 0 Å². The van der Waals surface area contributed by atoms with Crippen LogP contribution in [0.25, 0.3) is 0 Å². The van der Waals surface area contributed by atoms with Gasteiger partial charge in [-0.15, -0.1) is 0 Å². The first kappa shape index (κ1) is 7.11. The predicted octanol–water partition coefficient (Wildman–Crippen LogP) is 1.05. The summed E-state index contributed by atoms with van der Waals surface area (Å²) in [5.74, 6) is -1.50. The van der Waals surface area contributed by atoms with Gasteiger partial charge in [0.2, 0.25) is 0 Å². The van der Waals surface area contributed by atoms with Crippen LogP contribution in [-0.2, 0) is 16.6 Å². The monoisotopic (exact) mass is 325 g/mol. The molecule has 1 aromatic carbocycles. The van der Waals surface area contributed by atoms with Crippen LogP contribution in [0.2, 0.25) is 0 Å². The largest absolute Gasteiger partial charge is 0.493 e. The molecule has 23 heavy (non-hydrogen) atoms. The first-order chi connectivity index (χ1) is 14.9. The number of Topliss-reactive ketones (excluding diaryl/α,β-unsaturated/α-hetero) is 1. The van der Waals surface area contributed by atoms with Crippen LogP contribution in [-0.4, -0.2) is 54.1 Å². The number of likely N-dealkylation sites (N-methyl/N-ethyl adjacent to an activating group) is 1. The lowest BCUT2D eigenvalue weighted by Gasteiger charge is -2.62. The van der Waals surface area contributed by atoms with Crippen molar-refractivity contribution in [3.63, 3.8) is 0 Å². The smallest absolute Gasteiger partial charge is 0.174 e. The number of piperidine rings is 1. The van der Waals surface area contributed by atoms with E-state index in [-0.39, 0.29) is 35.6 Å². The molecule has 4 aliphatic rings. The van der Waals surface area contributed by atoms with Crippen molar-refractivity contribution < 1.29 is 33.1 Å². The van der Waals surface area contributed by atoms with Crippen LogP contribution in [0.4, 0.5) is 0 Å². The molecule has 1 N–H and O–H groups in total. The molecule has 0 radical (unpaired) electrons. The summed E-state index contributed by atoms with van der Waals surface area (Å²) in [4.78, 5) is 14.0. The highest BCUT2D eigenvalue weighted by atomic mass is 16.5. The zero-order chi connectivity index (χ0) is 24.6. The molecule has 2 fully saturated rings. The molecule has 5 heteroatoms. The van der Waals surface area contributed by atoms with E-state index < -0.39 is 62.1 Å². The van der Waals surface area contributed by atoms with Gasteiger partial charge in [-0.1, -0.05) is 6.07 Å². The average molecular weight is 325 g/mol. The van der Waals surface area contributed by atoms with Gasteiger partial charge in [0.15, 0.2) is 23.4 Å². The van der Waals surface area contributed by atoms with E-state index in [1.807, 2.05) is 0 Å². The van der Waals surface area contributed by atoms with Crippen molar-refractivity contribution >= 4 is 5.78 Å². The minimum absolute atomic E-state index is 0.0446. The van der Waals surface area contributed by atoms with Gasteiger partial charge in [-0.05, 0) is 44.4 Å². The van der Waals surface area contributed by atoms with Crippen molar-refractivity contribution in [2.24, 2.45) is 0 Å². The maximum Gasteiger partial charge on any atom is 0.174 e. The third-order valence-corrected chi connectivity index (χ3v) is 5.71. The fraction of sp³-hybridized carbons (Fsp3) is 0.611. The Morgan fingerprint density at radius 3 is 3.26 bits per heavy atom. The molecular formula is C18H21NO4. The maximum atomic E-state index is 13.2. The number of aliphatic hydroxyl groups is 1. The number of likely N-dealkylation sites (tertiary alicyclic amines) is 1. The number of ketones is 1. The van der Waals surface area contributed by atoms with Gasteiger partial charge < -0.3 is 19.5 Å². The van der Waals surface area contributed by atoms with Gasteiger partial charge in [-0.3, -0.25) is 4.79 Å². The second-order valence-corrected chi connectivity index (χ2v) is 6.52. The summed E-state index contributed by atoms with van der Waals surface area (Å²) in [7, 11) is -2.89. The summed E-state index contributed by atoms with van der Waals surface area (Å²) in [5, 5.41) is 12.1. The topological polar surface area (TPSA) is 59.0 Å². The fourth-order valence-electron chi connectivity index (χ4n) is 4.71. The Morgan fingerprint density at radius 1 is 1.52 bits per heavy atom. The molecular weight excluding hydrogens is 294 g/mol. The van der Waals surface area contributed by atoms with Gasteiger partial charge in [-0.25, -0.2) is 0 Å². The van der Waals surface area contributed by atoms with Crippen LogP contribution in [0.15, 0.2) is 12.1 Å². The molecule has 5 rings (SSSR count). The van der Waals surface area contributed by atoms with Crippen molar-refractivity contribution in [2.45, 2.75) is 48.7 Å². The summed E-state index contributed by atoms with van der Waals surface area (Å²) in [5.41, 5.74) is -4.00. The highest BCUT2D eigenvalue weighted by molar-refractivity contribution is 5.90. The molecule has 2 heterocycles. The van der Waals surface area contributed by atoms with Gasteiger partial charge in [0.05, 0.1) is 22.2 Å². The molecule has 1 unspecified atom stereocenters. The molecule has 4 atom stereocenters. The SMILES string of the molecule is [2H]C([2H])([2H])Oc1ccc2c3c1OC1C(=O)C([2H])([2H])C[C@@]4(O)[C@H](N(C([2H])([2H])[2H])CC[C@]314)C2([2H])[2H]. The Hall–Kier alpha value is -1.59. The lowest BCUT2D eigenvalue weighted by atomic mass is 9.49. The van der Waals surface area contributed by atoms with E-state index >= 15 is 0 Å². The summed E-state index contributed by atoms with van der Waals surface area (Å²) >= 11 is 0. The quantitative estimate of drug-likeness (QED) is 0.836. The van der Waals surface area contributed by atoms with E-state index in [0.29, 0.717) is 0 Å². The average Bonchev–Trinajstić information content (AvgIpc) is 2.96. The fourth-order valence-corrected chi connectivity index (χ4v) is 4.71. The molecule has 2 bridgehead atoms. The molecule has 122 valence electrons. The van der Waals surface area contributed by atoms with E-state index in [1.54, 1.807) is 0 Å². The first-order valence-electron chi connectivity index (χ1n) is 12.4. The van der Waals surface area contributed by atoms with E-state index in [2.05, 4.69) is 0 Å². The molecule has 2 aliphatic heterocycles. The summed E-state index contributed by atoms with van der Waals surface area (Å²) in [6.07, 6.45) is -7.72. The van der Waals surface area contributed by atoms with Crippen molar-refractivity contribution in [3.05, 3.63) is 23.3 Å². The number of carbonyl (C=O) groups is 1. The number of hydrogen-bond donors (Lipinski definition) is 1. The highest BCUT2D eigenvalue weighted by Gasteiger charge is 2.72. The zero-order valence-corrected chi connectivity index (χ0v) is 12.0. The zero-order valence-electron chi connectivity index (χ0n) is 22.0. The lowest BCUT2D eigenvalue weighted by Crippen LogP contribution is -2.76. The predicted molar refractivity (Wildman–Crippen MR) is 83.0 cm³/mol. The molecule has 1 aromatic rings. The number of rotatable bonds is 1. The van der Waals surface area contributed by atoms with Crippen LogP contribution < -0.4 is 9.47 Å². The van der Waals surface area contributed by atoms with Crippen molar-refractivity contribution in [3.8, 4) is 11.5 Å². The number of ether oxygens (including phenoxy) is 2. The summed E-state index contributed by atoms with van der Waals surface area (Å²) in [6, 6.07) is 0.718. The van der Waals surface area contributed by atoms with E-state index in [1.165, 1.54) is 12.1 Å². The highest BCUT2D eigenvalue weighted by Crippen LogP contribution is 2.64. The van der Waals surface area contributed by atoms with E-state index in [0.717, 1.165) is 4.90 Å². The number of nitrogens with zero attached hydrogens (tertiary/aromatic N) is 1. The van der Waals surface area contributed by atoms with Crippen molar-refractivity contribution in [2.75, 3.05) is 20.6 Å². The molecule has 5 nitrogen and oxygen atoms in total. The van der Waals surface area contributed by atoms with Crippen molar-refractivity contribution in [1.82, 2.24) is 4.90 Å². The lowest BCUT2D eigenvalue weighted by molar-refractivity contribution is -0.185. The second kappa shape index (κ2) is 4.08. The maximum absolute atomic E-state index is 13.2. The van der Waals surface area contributed by atoms with Gasteiger partial charge in [-0.2, -0.15) is 0 Å². The van der Waals surface area contributed by atoms with Gasteiger partial charge in [0, 0.05) is 27.6 Å². The molecule has 1 saturated heterocycles. The van der Waals surface area contributed by atoms with Crippen LogP contribution in [0, 0.1) is 0 Å². The standard InChI is InChI=1S/C18H21NO4/c1-19-8-7-17-14-10-3-4-12(22-2)15(14)23-16(17)11(20)5-6-18(17,21)13(19)9-10/h3-4,13,16,21H,5-9H2,1-2H3/t13-,16?,17+,18-/m1/s1/i1D3,2D3,5D2,9D2. The number of carbonyl (C=O) groups excluding carboxylic acids is 1. The van der Waals surface area contributed by atoms with Gasteiger partial charge in [0.25, 0.3) is 0 Å². The molecule has 1 saturated carbocycles. The van der Waals surface area contributed by atoms with E-state index in [9.17, 15) is 9.90 Å². The first-order valence-corrected chi connectivity index (χ1v) is 7.45. The third kappa shape index (κ3) is 1.32. The normalized spacial score (nSPS) is 52.5. The van der Waals surface area contributed by atoms with E-state index in [4.69, 9.17) is 23.2 Å². The number of methoxy groups -OCH3 is 1. The van der Waals surface area contributed by atoms with Crippen LogP contribution in [0.5, 0.6) is 11.5 Å². The van der Waals surface area contributed by atoms with Crippen molar-refractivity contribution in [1.29, 1.82) is 0 Å². The molecule has 0 amide bonds. The summed E-state index contributed by atoms with van der Waals surface area (Å²) < 4.78 is 91.3. The number of hydrogen-bond acceptors (Lipinski definition) is 5. The minimum atomic E-state index is -2.89. The Balaban J connectivity index is 1.86. The Morgan fingerprint density at radius 2 is 2.43 bits per heavy atom. The van der Waals surface area contributed by atoms with Gasteiger partial charge >= 0.3 is 0 Å². The number of benzene rings is 1. The van der Waals surface area contributed by atoms with Gasteiger partial charge in [0.1, 0.15) is 0 Å². The third-order valence-electron chi connectivity index (χ3n) is 5.71.